The average molecular weight is 335 g/mol. The molecule has 0 saturated heterocycles. The van der Waals surface area contributed by atoms with Gasteiger partial charge in [0.2, 0.25) is 0 Å². The largest absolute Gasteiger partial charge is 0.507 e. The maximum Gasteiger partial charge on any atom is 0.124 e. The van der Waals surface area contributed by atoms with Crippen molar-refractivity contribution in [2.75, 3.05) is 0 Å². The van der Waals surface area contributed by atoms with Crippen LogP contribution in [0.2, 0.25) is 0 Å². The van der Waals surface area contributed by atoms with Crippen LogP contribution in [0.3, 0.4) is 0 Å². The SMILES string of the molecule is Cc1ccc(Br)c([C@H](N)C2CCCCC2)c1O.Cl. The minimum absolute atomic E-state index is 0. The molecule has 2 nitrogen and oxygen atoms in total. The number of nitrogens with two attached hydrogens (primary N) is 1. The Bertz CT molecular complexity index is 405. The van der Waals surface area contributed by atoms with E-state index >= 15 is 0 Å². The standard InChI is InChI=1S/C14H20BrNO.ClH/c1-9-7-8-11(15)12(14(9)17)13(16)10-5-3-2-4-6-10;/h7-8,10,13,17H,2-6,16H2,1H3;1H/t13-;/m1./s1. The Morgan fingerprint density at radius 1 is 1.28 bits per heavy atom. The highest BCUT2D eigenvalue weighted by molar-refractivity contribution is 9.10. The van der Waals surface area contributed by atoms with Crippen LogP contribution in [0.15, 0.2) is 16.6 Å². The van der Waals surface area contributed by atoms with Crippen molar-refractivity contribution in [2.45, 2.75) is 45.1 Å². The summed E-state index contributed by atoms with van der Waals surface area (Å²) < 4.78 is 0.929. The summed E-state index contributed by atoms with van der Waals surface area (Å²) in [7, 11) is 0. The summed E-state index contributed by atoms with van der Waals surface area (Å²) in [5.41, 5.74) is 8.13. The Balaban J connectivity index is 0.00000162. The normalized spacial score (nSPS) is 18.2. The first-order chi connectivity index (χ1) is 8.11. The fourth-order valence-corrected chi connectivity index (χ4v) is 3.32. The summed E-state index contributed by atoms with van der Waals surface area (Å²) >= 11 is 3.51. The van der Waals surface area contributed by atoms with Gasteiger partial charge in [-0.05, 0) is 37.3 Å². The van der Waals surface area contributed by atoms with Gasteiger partial charge in [0.15, 0.2) is 0 Å². The first-order valence-corrected chi connectivity index (χ1v) is 7.14. The predicted molar refractivity (Wildman–Crippen MR) is 81.3 cm³/mol. The number of hydrogen-bond donors (Lipinski definition) is 2. The van der Waals surface area contributed by atoms with Gasteiger partial charge in [-0.3, -0.25) is 0 Å². The summed E-state index contributed by atoms with van der Waals surface area (Å²) in [6, 6.07) is 3.84. The van der Waals surface area contributed by atoms with Crippen molar-refractivity contribution in [1.29, 1.82) is 0 Å². The number of benzene rings is 1. The lowest BCUT2D eigenvalue weighted by molar-refractivity contribution is 0.302. The van der Waals surface area contributed by atoms with E-state index in [2.05, 4.69) is 15.9 Å². The van der Waals surface area contributed by atoms with Crippen molar-refractivity contribution >= 4 is 28.3 Å². The number of aryl methyl sites for hydroxylation is 1. The maximum atomic E-state index is 10.2. The molecule has 3 N–H and O–H groups in total. The monoisotopic (exact) mass is 333 g/mol. The van der Waals surface area contributed by atoms with E-state index in [0.29, 0.717) is 11.7 Å². The van der Waals surface area contributed by atoms with Gasteiger partial charge in [0.25, 0.3) is 0 Å². The van der Waals surface area contributed by atoms with Crippen LogP contribution in [0.4, 0.5) is 0 Å². The summed E-state index contributed by atoms with van der Waals surface area (Å²) in [5, 5.41) is 10.2. The Labute approximate surface area is 123 Å². The van der Waals surface area contributed by atoms with Gasteiger partial charge < -0.3 is 10.8 Å². The van der Waals surface area contributed by atoms with Crippen molar-refractivity contribution < 1.29 is 5.11 Å². The summed E-state index contributed by atoms with van der Waals surface area (Å²) in [4.78, 5) is 0. The highest BCUT2D eigenvalue weighted by atomic mass is 79.9. The molecule has 1 aromatic rings. The van der Waals surface area contributed by atoms with Crippen molar-refractivity contribution in [2.24, 2.45) is 11.7 Å². The van der Waals surface area contributed by atoms with Gasteiger partial charge in [-0.15, -0.1) is 12.4 Å². The van der Waals surface area contributed by atoms with Gasteiger partial charge in [-0.1, -0.05) is 41.3 Å². The topological polar surface area (TPSA) is 46.2 Å². The zero-order valence-electron chi connectivity index (χ0n) is 10.7. The number of aromatic hydroxyl groups is 1. The molecule has 18 heavy (non-hydrogen) atoms. The first kappa shape index (κ1) is 15.8. The molecule has 1 atom stereocenters. The number of halogens is 2. The molecule has 1 saturated carbocycles. The van der Waals surface area contributed by atoms with Crippen LogP contribution in [0.1, 0.15) is 49.3 Å². The van der Waals surface area contributed by atoms with Crippen LogP contribution in [-0.4, -0.2) is 5.11 Å². The Kier molecular flexibility index (Phi) is 5.96. The van der Waals surface area contributed by atoms with E-state index in [1.807, 2.05) is 19.1 Å². The van der Waals surface area contributed by atoms with Gasteiger partial charge >= 0.3 is 0 Å². The molecule has 1 aromatic carbocycles. The zero-order chi connectivity index (χ0) is 12.4. The zero-order valence-corrected chi connectivity index (χ0v) is 13.1. The van der Waals surface area contributed by atoms with Crippen LogP contribution in [-0.2, 0) is 0 Å². The summed E-state index contributed by atoms with van der Waals surface area (Å²) in [5.74, 6) is 0.866. The third-order valence-electron chi connectivity index (χ3n) is 3.86. The number of phenolic OH excluding ortho intramolecular Hbond substituents is 1. The second-order valence-electron chi connectivity index (χ2n) is 5.05. The van der Waals surface area contributed by atoms with E-state index in [1.54, 1.807) is 0 Å². The van der Waals surface area contributed by atoms with E-state index < -0.39 is 0 Å². The summed E-state index contributed by atoms with van der Waals surface area (Å²) in [6.45, 7) is 1.92. The fraction of sp³-hybridized carbons (Fsp3) is 0.571. The molecule has 0 bridgehead atoms. The minimum atomic E-state index is -0.0513. The summed E-state index contributed by atoms with van der Waals surface area (Å²) in [6.07, 6.45) is 6.22. The molecule has 0 spiro atoms. The van der Waals surface area contributed by atoms with E-state index in [9.17, 15) is 5.11 Å². The molecule has 1 fully saturated rings. The molecule has 2 rings (SSSR count). The fourth-order valence-electron chi connectivity index (χ4n) is 2.74. The number of phenols is 1. The quantitative estimate of drug-likeness (QED) is 0.838. The molecule has 0 unspecified atom stereocenters. The lowest BCUT2D eigenvalue weighted by atomic mass is 9.81. The van der Waals surface area contributed by atoms with Crippen LogP contribution in [0.5, 0.6) is 5.75 Å². The second kappa shape index (κ2) is 6.78. The van der Waals surface area contributed by atoms with Crippen molar-refractivity contribution in [3.63, 3.8) is 0 Å². The van der Waals surface area contributed by atoms with E-state index in [1.165, 1.54) is 32.1 Å². The van der Waals surface area contributed by atoms with Crippen molar-refractivity contribution in [1.82, 2.24) is 0 Å². The molecule has 0 aromatic heterocycles. The van der Waals surface area contributed by atoms with Crippen LogP contribution in [0.25, 0.3) is 0 Å². The molecule has 0 heterocycles. The predicted octanol–water partition coefficient (Wildman–Crippen LogP) is 4.47. The van der Waals surface area contributed by atoms with Gasteiger partial charge in [-0.25, -0.2) is 0 Å². The third kappa shape index (κ3) is 3.19. The lowest BCUT2D eigenvalue weighted by Crippen LogP contribution is -2.24. The Morgan fingerprint density at radius 2 is 1.89 bits per heavy atom. The third-order valence-corrected chi connectivity index (χ3v) is 4.55. The molecule has 1 aliphatic carbocycles. The smallest absolute Gasteiger partial charge is 0.124 e. The molecular formula is C14H21BrClNO. The molecule has 0 amide bonds. The molecule has 4 heteroatoms. The van der Waals surface area contributed by atoms with Gasteiger partial charge in [0, 0.05) is 16.1 Å². The van der Waals surface area contributed by atoms with Crippen LogP contribution < -0.4 is 5.73 Å². The van der Waals surface area contributed by atoms with E-state index in [-0.39, 0.29) is 18.4 Å². The second-order valence-corrected chi connectivity index (χ2v) is 5.90. The van der Waals surface area contributed by atoms with Crippen LogP contribution >= 0.6 is 28.3 Å². The van der Waals surface area contributed by atoms with Crippen molar-refractivity contribution in [3.05, 3.63) is 27.7 Å². The highest BCUT2D eigenvalue weighted by Gasteiger charge is 2.26. The Hall–Kier alpha value is -0.250. The first-order valence-electron chi connectivity index (χ1n) is 6.35. The highest BCUT2D eigenvalue weighted by Crippen LogP contribution is 2.40. The average Bonchev–Trinajstić information content (AvgIpc) is 2.35. The number of rotatable bonds is 2. The van der Waals surface area contributed by atoms with E-state index in [4.69, 9.17) is 5.73 Å². The van der Waals surface area contributed by atoms with Gasteiger partial charge in [-0.2, -0.15) is 0 Å². The molecule has 0 radical (unpaired) electrons. The number of hydrogen-bond acceptors (Lipinski definition) is 2. The molecular weight excluding hydrogens is 314 g/mol. The van der Waals surface area contributed by atoms with Gasteiger partial charge in [0.05, 0.1) is 0 Å². The lowest BCUT2D eigenvalue weighted by Gasteiger charge is -2.29. The molecule has 102 valence electrons. The maximum absolute atomic E-state index is 10.2. The van der Waals surface area contributed by atoms with Crippen molar-refractivity contribution in [3.8, 4) is 5.75 Å². The minimum Gasteiger partial charge on any atom is -0.507 e. The Morgan fingerprint density at radius 3 is 2.50 bits per heavy atom. The van der Waals surface area contributed by atoms with Crippen LogP contribution in [0, 0.1) is 12.8 Å². The molecule has 0 aliphatic heterocycles. The molecule has 1 aliphatic rings. The van der Waals surface area contributed by atoms with Gasteiger partial charge in [0.1, 0.15) is 5.75 Å². The van der Waals surface area contributed by atoms with E-state index in [0.717, 1.165) is 15.6 Å².